The third kappa shape index (κ3) is 5.57. The summed E-state index contributed by atoms with van der Waals surface area (Å²) in [6, 6.07) is 8.70. The number of hydrogen-bond acceptors (Lipinski definition) is 5. The highest BCUT2D eigenvalue weighted by atomic mass is 35.5. The predicted molar refractivity (Wildman–Crippen MR) is 117 cm³/mol. The number of rotatable bonds is 7. The number of hydrogen-bond donors (Lipinski definition) is 1. The summed E-state index contributed by atoms with van der Waals surface area (Å²) in [4.78, 5) is 12.2. The van der Waals surface area contributed by atoms with Gasteiger partial charge in [-0.2, -0.15) is 0 Å². The lowest BCUT2D eigenvalue weighted by Crippen LogP contribution is -2.15. The Bertz CT molecular complexity index is 1080. The van der Waals surface area contributed by atoms with Gasteiger partial charge in [-0.05, 0) is 43.3 Å². The number of benzene rings is 2. The van der Waals surface area contributed by atoms with E-state index in [1.807, 2.05) is 0 Å². The number of carbonyl (C=O) groups is 1. The molecule has 0 fully saturated rings. The van der Waals surface area contributed by atoms with Gasteiger partial charge in [-0.1, -0.05) is 46.6 Å². The standard InChI is InChI=1S/C19H16Cl3FN4O2S/c1-10(29-16-6-4-12(23)8-14(16)22)18-25-26-19(27(18)2)30-9-17(28)24-15-7-11(20)3-5-13(15)21/h3-8,10H,9H2,1-2H3,(H,24,28). The summed E-state index contributed by atoms with van der Waals surface area (Å²) in [5, 5.41) is 12.5. The van der Waals surface area contributed by atoms with Crippen LogP contribution in [0.1, 0.15) is 18.9 Å². The lowest BCUT2D eigenvalue weighted by Gasteiger charge is -2.15. The zero-order valence-electron chi connectivity index (χ0n) is 15.8. The van der Waals surface area contributed by atoms with Crippen molar-refractivity contribution in [1.29, 1.82) is 0 Å². The van der Waals surface area contributed by atoms with Gasteiger partial charge >= 0.3 is 0 Å². The van der Waals surface area contributed by atoms with E-state index in [9.17, 15) is 9.18 Å². The van der Waals surface area contributed by atoms with E-state index in [0.29, 0.717) is 32.5 Å². The molecule has 158 valence electrons. The smallest absolute Gasteiger partial charge is 0.234 e. The SMILES string of the molecule is CC(Oc1ccc(F)cc1Cl)c1nnc(SCC(=O)Nc2cc(Cl)ccc2Cl)n1C. The van der Waals surface area contributed by atoms with E-state index in [4.69, 9.17) is 39.5 Å². The molecule has 1 atom stereocenters. The Hall–Kier alpha value is -2.00. The molecular formula is C19H16Cl3FN4O2S. The van der Waals surface area contributed by atoms with E-state index in [1.54, 1.807) is 36.7 Å². The fourth-order valence-electron chi connectivity index (χ4n) is 2.53. The first kappa shape index (κ1) is 22.7. The maximum Gasteiger partial charge on any atom is 0.234 e. The molecular weight excluding hydrogens is 474 g/mol. The van der Waals surface area contributed by atoms with E-state index in [-0.39, 0.29) is 16.7 Å². The van der Waals surface area contributed by atoms with Gasteiger partial charge < -0.3 is 14.6 Å². The fraction of sp³-hybridized carbons (Fsp3) is 0.211. The van der Waals surface area contributed by atoms with Crippen LogP contribution in [0.4, 0.5) is 10.1 Å². The van der Waals surface area contributed by atoms with Crippen LogP contribution >= 0.6 is 46.6 Å². The molecule has 1 unspecified atom stereocenters. The third-order valence-electron chi connectivity index (χ3n) is 3.96. The number of aromatic nitrogens is 3. The highest BCUT2D eigenvalue weighted by molar-refractivity contribution is 7.99. The summed E-state index contributed by atoms with van der Waals surface area (Å²) >= 11 is 19.2. The number of nitrogens with zero attached hydrogens (tertiary/aromatic N) is 3. The Balaban J connectivity index is 1.62. The maximum absolute atomic E-state index is 13.2. The number of carbonyl (C=O) groups excluding carboxylic acids is 1. The van der Waals surface area contributed by atoms with Crippen LogP contribution in [-0.4, -0.2) is 26.4 Å². The molecule has 0 spiro atoms. The van der Waals surface area contributed by atoms with Crippen molar-refractivity contribution in [2.45, 2.75) is 18.2 Å². The van der Waals surface area contributed by atoms with Gasteiger partial charge in [0.15, 0.2) is 17.1 Å². The Morgan fingerprint density at radius 3 is 2.70 bits per heavy atom. The van der Waals surface area contributed by atoms with Crippen molar-refractivity contribution in [3.63, 3.8) is 0 Å². The van der Waals surface area contributed by atoms with Gasteiger partial charge in [0.25, 0.3) is 0 Å². The number of ether oxygens (including phenoxy) is 1. The fourth-order valence-corrected chi connectivity index (χ4v) is 3.80. The quantitative estimate of drug-likeness (QED) is 0.426. The zero-order valence-corrected chi connectivity index (χ0v) is 18.9. The number of thioether (sulfide) groups is 1. The summed E-state index contributed by atoms with van der Waals surface area (Å²) in [5.41, 5.74) is 0.437. The van der Waals surface area contributed by atoms with Crippen molar-refractivity contribution in [3.8, 4) is 5.75 Å². The van der Waals surface area contributed by atoms with Crippen LogP contribution in [0.15, 0.2) is 41.6 Å². The largest absolute Gasteiger partial charge is 0.481 e. The molecule has 30 heavy (non-hydrogen) atoms. The van der Waals surface area contributed by atoms with Gasteiger partial charge in [0.1, 0.15) is 11.6 Å². The Morgan fingerprint density at radius 2 is 1.97 bits per heavy atom. The molecule has 11 heteroatoms. The molecule has 1 N–H and O–H groups in total. The van der Waals surface area contributed by atoms with Crippen molar-refractivity contribution in [2.75, 3.05) is 11.1 Å². The van der Waals surface area contributed by atoms with Gasteiger partial charge in [0.2, 0.25) is 5.91 Å². The summed E-state index contributed by atoms with van der Waals surface area (Å²) in [6.45, 7) is 1.77. The van der Waals surface area contributed by atoms with Crippen LogP contribution in [0.5, 0.6) is 5.75 Å². The molecule has 0 bridgehead atoms. The van der Waals surface area contributed by atoms with Gasteiger partial charge in [-0.3, -0.25) is 4.79 Å². The average Bonchev–Trinajstić information content (AvgIpc) is 3.06. The van der Waals surface area contributed by atoms with Crippen LogP contribution in [0.25, 0.3) is 0 Å². The first-order chi connectivity index (χ1) is 14.2. The van der Waals surface area contributed by atoms with Crippen LogP contribution in [0.2, 0.25) is 15.1 Å². The van der Waals surface area contributed by atoms with Crippen LogP contribution in [0.3, 0.4) is 0 Å². The number of halogens is 4. The topological polar surface area (TPSA) is 69.0 Å². The molecule has 3 rings (SSSR count). The molecule has 1 amide bonds. The zero-order chi connectivity index (χ0) is 21.8. The van der Waals surface area contributed by atoms with Crippen molar-refractivity contribution in [3.05, 3.63) is 63.1 Å². The van der Waals surface area contributed by atoms with Crippen LogP contribution in [0, 0.1) is 5.82 Å². The van der Waals surface area contributed by atoms with Crippen molar-refractivity contribution in [1.82, 2.24) is 14.8 Å². The van der Waals surface area contributed by atoms with Gasteiger partial charge in [-0.25, -0.2) is 4.39 Å². The molecule has 6 nitrogen and oxygen atoms in total. The van der Waals surface area contributed by atoms with E-state index in [1.165, 1.54) is 30.0 Å². The van der Waals surface area contributed by atoms with Crippen molar-refractivity contribution >= 4 is 58.2 Å². The molecule has 3 aromatic rings. The maximum atomic E-state index is 13.2. The summed E-state index contributed by atoms with van der Waals surface area (Å²) in [5.74, 6) is 0.232. The lowest BCUT2D eigenvalue weighted by molar-refractivity contribution is -0.113. The second-order valence-corrected chi connectivity index (χ2v) is 8.39. The molecule has 1 aromatic heterocycles. The average molecular weight is 490 g/mol. The van der Waals surface area contributed by atoms with Crippen molar-refractivity contribution in [2.24, 2.45) is 7.05 Å². The normalized spacial score (nSPS) is 11.9. The molecule has 2 aromatic carbocycles. The number of nitrogens with one attached hydrogen (secondary N) is 1. The van der Waals surface area contributed by atoms with E-state index >= 15 is 0 Å². The van der Waals surface area contributed by atoms with E-state index in [2.05, 4.69) is 15.5 Å². The highest BCUT2D eigenvalue weighted by Gasteiger charge is 2.19. The Kier molecular flexibility index (Phi) is 7.46. The summed E-state index contributed by atoms with van der Waals surface area (Å²) < 4.78 is 20.7. The van der Waals surface area contributed by atoms with Gasteiger partial charge in [0, 0.05) is 12.1 Å². The third-order valence-corrected chi connectivity index (χ3v) is 5.85. The molecule has 0 aliphatic rings. The van der Waals surface area contributed by atoms with Crippen LogP contribution in [-0.2, 0) is 11.8 Å². The molecule has 0 saturated carbocycles. The van der Waals surface area contributed by atoms with Crippen molar-refractivity contribution < 1.29 is 13.9 Å². The minimum absolute atomic E-state index is 0.0911. The molecule has 0 aliphatic heterocycles. The Morgan fingerprint density at radius 1 is 1.20 bits per heavy atom. The monoisotopic (exact) mass is 488 g/mol. The second kappa shape index (κ2) is 9.87. The highest BCUT2D eigenvalue weighted by Crippen LogP contribution is 2.30. The minimum Gasteiger partial charge on any atom is -0.481 e. The van der Waals surface area contributed by atoms with Gasteiger partial charge in [0.05, 0.1) is 21.5 Å². The number of anilines is 1. The van der Waals surface area contributed by atoms with E-state index in [0.717, 1.165) is 0 Å². The minimum atomic E-state index is -0.501. The molecule has 1 heterocycles. The predicted octanol–water partition coefficient (Wildman–Crippen LogP) is 5.79. The molecule has 0 aliphatic carbocycles. The van der Waals surface area contributed by atoms with Crippen LogP contribution < -0.4 is 10.1 Å². The summed E-state index contributed by atoms with van der Waals surface area (Å²) in [6.07, 6.45) is -0.501. The van der Waals surface area contributed by atoms with Gasteiger partial charge in [-0.15, -0.1) is 10.2 Å². The summed E-state index contributed by atoms with van der Waals surface area (Å²) in [7, 11) is 1.76. The lowest BCUT2D eigenvalue weighted by atomic mass is 10.3. The van der Waals surface area contributed by atoms with E-state index < -0.39 is 11.9 Å². The Labute approximate surface area is 191 Å². The second-order valence-electron chi connectivity index (χ2n) is 6.20. The molecule has 0 saturated heterocycles. The number of amides is 1. The first-order valence-corrected chi connectivity index (χ1v) is 10.7. The molecule has 0 radical (unpaired) electrons. The first-order valence-electron chi connectivity index (χ1n) is 8.63.